The summed E-state index contributed by atoms with van der Waals surface area (Å²) in [6, 6.07) is 7.32. The first-order chi connectivity index (χ1) is 9.67. The van der Waals surface area contributed by atoms with E-state index < -0.39 is 0 Å². The van der Waals surface area contributed by atoms with Gasteiger partial charge >= 0.3 is 0 Å². The van der Waals surface area contributed by atoms with E-state index in [0.29, 0.717) is 30.8 Å². The number of carbonyl (C=O) groups is 2. The van der Waals surface area contributed by atoms with Gasteiger partial charge in [-0.05, 0) is 24.1 Å². The van der Waals surface area contributed by atoms with Gasteiger partial charge in [0, 0.05) is 17.7 Å². The van der Waals surface area contributed by atoms with E-state index in [1.54, 1.807) is 18.2 Å². The van der Waals surface area contributed by atoms with E-state index in [0.717, 1.165) is 12.0 Å². The first-order valence-corrected chi connectivity index (χ1v) is 7.59. The van der Waals surface area contributed by atoms with Crippen LogP contribution in [-0.2, 0) is 10.5 Å². The second-order valence-corrected chi connectivity index (χ2v) is 5.33. The van der Waals surface area contributed by atoms with E-state index in [4.69, 9.17) is 0 Å². The summed E-state index contributed by atoms with van der Waals surface area (Å²) in [5.41, 5.74) is 5.34. The molecule has 20 heavy (non-hydrogen) atoms. The number of amides is 1. The molecule has 0 aliphatic heterocycles. The number of allylic oxidation sites excluding steroid dienone is 1. The molecule has 5 heteroatoms. The Labute approximate surface area is 123 Å². The molecule has 108 valence electrons. The second kappa shape index (κ2) is 9.34. The Hall–Kier alpha value is -1.59. The zero-order chi connectivity index (χ0) is 14.8. The molecule has 0 saturated heterocycles. The molecule has 4 nitrogen and oxygen atoms in total. The van der Waals surface area contributed by atoms with Crippen LogP contribution >= 0.6 is 11.8 Å². The largest absolute Gasteiger partial charge is 0.356 e. The molecule has 0 spiro atoms. The van der Waals surface area contributed by atoms with Crippen LogP contribution in [0.3, 0.4) is 0 Å². The van der Waals surface area contributed by atoms with Gasteiger partial charge in [-0.15, -0.1) is 6.58 Å². The van der Waals surface area contributed by atoms with Gasteiger partial charge in [0.15, 0.2) is 5.12 Å². The Kier molecular flexibility index (Phi) is 7.69. The van der Waals surface area contributed by atoms with Crippen molar-refractivity contribution in [1.82, 2.24) is 5.32 Å². The van der Waals surface area contributed by atoms with Crippen LogP contribution in [0.5, 0.6) is 0 Å². The van der Waals surface area contributed by atoms with Crippen molar-refractivity contribution in [3.63, 3.8) is 0 Å². The topological polar surface area (TPSA) is 73.8 Å². The molecule has 0 atom stereocenters. The summed E-state index contributed by atoms with van der Waals surface area (Å²) in [6.07, 6.45) is 2.99. The van der Waals surface area contributed by atoms with E-state index in [2.05, 4.69) is 17.6 Å². The van der Waals surface area contributed by atoms with Gasteiger partial charge in [-0.1, -0.05) is 30.0 Å². The van der Waals surface area contributed by atoms with Crippen molar-refractivity contribution >= 4 is 22.8 Å². The Morgan fingerprint density at radius 2 is 2.00 bits per heavy atom. The molecule has 0 aliphatic rings. The molecule has 4 N–H and O–H groups in total. The van der Waals surface area contributed by atoms with E-state index in [1.807, 2.05) is 12.1 Å². The first kappa shape index (κ1) is 16.5. The van der Waals surface area contributed by atoms with Crippen molar-refractivity contribution in [1.29, 1.82) is 0 Å². The molecule has 0 unspecified atom stereocenters. The van der Waals surface area contributed by atoms with Gasteiger partial charge in [-0.3, -0.25) is 9.59 Å². The van der Waals surface area contributed by atoms with Crippen LogP contribution in [0.4, 0.5) is 0 Å². The highest BCUT2D eigenvalue weighted by molar-refractivity contribution is 8.12. The second-order valence-electron chi connectivity index (χ2n) is 4.29. The summed E-state index contributed by atoms with van der Waals surface area (Å²) < 4.78 is 0. The third kappa shape index (κ3) is 6.04. The Bertz CT molecular complexity index is 457. The zero-order valence-corrected chi connectivity index (χ0v) is 12.4. The Morgan fingerprint density at radius 1 is 1.30 bits per heavy atom. The number of hydrogen-bond donors (Lipinski definition) is 2. The molecule has 0 aliphatic carbocycles. The van der Waals surface area contributed by atoms with Crippen LogP contribution < -0.4 is 11.1 Å². The van der Waals surface area contributed by atoms with Crippen LogP contribution in [0.2, 0.25) is 0 Å². The fraction of sp³-hybridized carbons (Fsp3) is 0.333. The van der Waals surface area contributed by atoms with Gasteiger partial charge < -0.3 is 11.1 Å². The van der Waals surface area contributed by atoms with E-state index in [-0.39, 0.29) is 11.0 Å². The lowest BCUT2D eigenvalue weighted by Crippen LogP contribution is -2.54. The number of rotatable bonds is 8. The summed E-state index contributed by atoms with van der Waals surface area (Å²) in [5.74, 6) is 0.548. The summed E-state index contributed by atoms with van der Waals surface area (Å²) in [6.45, 7) is 4.85. The van der Waals surface area contributed by atoms with Gasteiger partial charge in [-0.2, -0.15) is 0 Å². The predicted molar refractivity (Wildman–Crippen MR) is 82.3 cm³/mol. The SMILES string of the molecule is C=CCCC(=O)SCc1ccc(C(=O)NCC[NH3+])cc1. The van der Waals surface area contributed by atoms with Gasteiger partial charge in [0.05, 0.1) is 13.1 Å². The van der Waals surface area contributed by atoms with Crippen molar-refractivity contribution in [3.8, 4) is 0 Å². The summed E-state index contributed by atoms with van der Waals surface area (Å²) in [7, 11) is 0. The molecular formula is C15H21N2O2S+. The van der Waals surface area contributed by atoms with Crippen LogP contribution in [0.1, 0.15) is 28.8 Å². The van der Waals surface area contributed by atoms with E-state index >= 15 is 0 Å². The number of thioether (sulfide) groups is 1. The number of hydrogen-bond acceptors (Lipinski definition) is 3. The molecule has 0 bridgehead atoms. The van der Waals surface area contributed by atoms with Gasteiger partial charge in [0.2, 0.25) is 0 Å². The lowest BCUT2D eigenvalue weighted by atomic mass is 10.1. The van der Waals surface area contributed by atoms with Crippen LogP contribution in [0, 0.1) is 0 Å². The van der Waals surface area contributed by atoms with Crippen molar-refractivity contribution in [3.05, 3.63) is 48.0 Å². The van der Waals surface area contributed by atoms with Crippen molar-refractivity contribution in [2.75, 3.05) is 13.1 Å². The fourth-order valence-corrected chi connectivity index (χ4v) is 2.29. The molecule has 0 radical (unpaired) electrons. The van der Waals surface area contributed by atoms with E-state index in [1.165, 1.54) is 11.8 Å². The van der Waals surface area contributed by atoms with Gasteiger partial charge in [0.25, 0.3) is 5.91 Å². The van der Waals surface area contributed by atoms with Gasteiger partial charge in [-0.25, -0.2) is 0 Å². The maximum atomic E-state index is 11.7. The summed E-state index contributed by atoms with van der Waals surface area (Å²) >= 11 is 1.30. The number of quaternary nitrogens is 1. The van der Waals surface area contributed by atoms with Crippen LogP contribution in [-0.4, -0.2) is 24.1 Å². The maximum Gasteiger partial charge on any atom is 0.251 e. The monoisotopic (exact) mass is 293 g/mol. The molecule has 0 fully saturated rings. The molecule has 0 heterocycles. The third-order valence-electron chi connectivity index (χ3n) is 2.63. The van der Waals surface area contributed by atoms with Crippen molar-refractivity contribution < 1.29 is 15.3 Å². The summed E-state index contributed by atoms with van der Waals surface area (Å²) in [4.78, 5) is 23.2. The minimum absolute atomic E-state index is 0.0880. The quantitative estimate of drug-likeness (QED) is 0.711. The molecule has 0 aromatic heterocycles. The molecule has 1 aromatic carbocycles. The molecule has 1 rings (SSSR count). The van der Waals surface area contributed by atoms with Crippen LogP contribution in [0.15, 0.2) is 36.9 Å². The number of benzene rings is 1. The normalized spacial score (nSPS) is 10.1. The number of carbonyl (C=O) groups excluding carboxylic acids is 2. The highest BCUT2D eigenvalue weighted by atomic mass is 32.2. The standard InChI is InChI=1S/C15H20N2O2S/c1-2-3-4-14(18)20-11-12-5-7-13(8-6-12)15(19)17-10-9-16/h2,5-8H,1,3-4,9-11,16H2,(H,17,19)/p+1. The van der Waals surface area contributed by atoms with E-state index in [9.17, 15) is 9.59 Å². The highest BCUT2D eigenvalue weighted by Crippen LogP contribution is 2.16. The maximum absolute atomic E-state index is 11.7. The van der Waals surface area contributed by atoms with Crippen LogP contribution in [0.25, 0.3) is 0 Å². The van der Waals surface area contributed by atoms with Gasteiger partial charge in [0.1, 0.15) is 0 Å². The van der Waals surface area contributed by atoms with Crippen molar-refractivity contribution in [2.45, 2.75) is 18.6 Å². The highest BCUT2D eigenvalue weighted by Gasteiger charge is 2.06. The Balaban J connectivity index is 2.44. The predicted octanol–water partition coefficient (Wildman–Crippen LogP) is 1.38. The number of nitrogens with one attached hydrogen (secondary N) is 1. The fourth-order valence-electron chi connectivity index (χ4n) is 1.51. The molecule has 1 aromatic rings. The Morgan fingerprint density at radius 3 is 2.60 bits per heavy atom. The average Bonchev–Trinajstić information content (AvgIpc) is 2.49. The summed E-state index contributed by atoms with van der Waals surface area (Å²) in [5, 5.41) is 2.94. The lowest BCUT2D eigenvalue weighted by molar-refractivity contribution is -0.364. The molecular weight excluding hydrogens is 272 g/mol. The first-order valence-electron chi connectivity index (χ1n) is 6.60. The van der Waals surface area contributed by atoms with Crippen molar-refractivity contribution in [2.24, 2.45) is 0 Å². The minimum atomic E-state index is -0.0880. The average molecular weight is 293 g/mol. The lowest BCUT2D eigenvalue weighted by Gasteiger charge is -2.04. The molecule has 0 saturated carbocycles. The third-order valence-corrected chi connectivity index (χ3v) is 3.63. The molecule has 1 amide bonds. The zero-order valence-electron chi connectivity index (χ0n) is 11.6. The smallest absolute Gasteiger partial charge is 0.251 e. The minimum Gasteiger partial charge on any atom is -0.356 e.